The van der Waals surface area contributed by atoms with Crippen LogP contribution in [0.5, 0.6) is 0 Å². The Bertz CT molecular complexity index is 1120. The van der Waals surface area contributed by atoms with Gasteiger partial charge in [-0.1, -0.05) is 6.07 Å². The number of hydrogen-bond acceptors (Lipinski definition) is 6. The van der Waals surface area contributed by atoms with Gasteiger partial charge < -0.3 is 20.6 Å². The minimum absolute atomic E-state index is 0.0289. The molecule has 2 aliphatic heterocycles. The Morgan fingerprint density at radius 1 is 1.19 bits per heavy atom. The number of benzene rings is 1. The molecular formula is C22H27N5O4S. The van der Waals surface area contributed by atoms with Crippen LogP contribution < -0.4 is 10.6 Å². The average Bonchev–Trinajstić information content (AvgIpc) is 2.78. The van der Waals surface area contributed by atoms with E-state index in [0.717, 1.165) is 16.8 Å². The molecule has 1 saturated heterocycles. The summed E-state index contributed by atoms with van der Waals surface area (Å²) in [5, 5.41) is 17.2. The molecule has 0 saturated carbocycles. The fraction of sp³-hybridized carbons (Fsp3) is 0.409. The molecule has 0 radical (unpaired) electrons. The van der Waals surface area contributed by atoms with Gasteiger partial charge in [0.25, 0.3) is 0 Å². The monoisotopic (exact) mass is 457 g/mol. The maximum atomic E-state index is 13.4. The highest BCUT2D eigenvalue weighted by molar-refractivity contribution is 7.91. The molecule has 1 aromatic heterocycles. The van der Waals surface area contributed by atoms with Crippen molar-refractivity contribution < 1.29 is 18.3 Å². The third-order valence-corrected chi connectivity index (χ3v) is 8.16. The smallest absolute Gasteiger partial charge is 0.306 e. The lowest BCUT2D eigenvalue weighted by Gasteiger charge is -2.39. The van der Waals surface area contributed by atoms with E-state index in [-0.39, 0.29) is 23.0 Å². The van der Waals surface area contributed by atoms with Crippen molar-refractivity contribution in [3.05, 3.63) is 53.9 Å². The molecule has 0 amide bonds. The molecule has 32 heavy (non-hydrogen) atoms. The van der Waals surface area contributed by atoms with Crippen LogP contribution in [-0.2, 0) is 27.6 Å². The van der Waals surface area contributed by atoms with Gasteiger partial charge in [0.05, 0.1) is 16.6 Å². The van der Waals surface area contributed by atoms with Crippen molar-refractivity contribution in [2.24, 2.45) is 11.7 Å². The zero-order valence-electron chi connectivity index (χ0n) is 17.6. The first kappa shape index (κ1) is 22.1. The maximum absolute atomic E-state index is 13.4. The van der Waals surface area contributed by atoms with E-state index in [1.165, 1.54) is 0 Å². The largest absolute Gasteiger partial charge is 0.481 e. The quantitative estimate of drug-likeness (QED) is 0.453. The summed E-state index contributed by atoms with van der Waals surface area (Å²) in [5.74, 6) is -1.66. The predicted molar refractivity (Wildman–Crippen MR) is 120 cm³/mol. The summed E-state index contributed by atoms with van der Waals surface area (Å²) in [7, 11) is -3.67. The Labute approximate surface area is 187 Å². The van der Waals surface area contributed by atoms with Gasteiger partial charge in [0, 0.05) is 43.8 Å². The number of carbonyl (C=O) groups is 1. The van der Waals surface area contributed by atoms with Crippen molar-refractivity contribution in [3.63, 3.8) is 0 Å². The topological polar surface area (TPSA) is 141 Å². The Morgan fingerprint density at radius 3 is 2.62 bits per heavy atom. The number of sulfone groups is 1. The summed E-state index contributed by atoms with van der Waals surface area (Å²) >= 11 is 0. The van der Waals surface area contributed by atoms with Gasteiger partial charge in [-0.2, -0.15) is 0 Å². The molecular weight excluding hydrogens is 430 g/mol. The van der Waals surface area contributed by atoms with Crippen LogP contribution in [0.15, 0.2) is 47.6 Å². The number of aromatic nitrogens is 1. The first-order valence-electron chi connectivity index (χ1n) is 10.6. The number of nitrogens with zero attached hydrogens (tertiary/aromatic N) is 3. The van der Waals surface area contributed by atoms with E-state index in [0.29, 0.717) is 32.5 Å². The highest BCUT2D eigenvalue weighted by Gasteiger charge is 2.36. The van der Waals surface area contributed by atoms with Crippen molar-refractivity contribution in [2.75, 3.05) is 23.7 Å². The molecule has 4 N–H and O–H groups in total. The van der Waals surface area contributed by atoms with Crippen LogP contribution in [0.1, 0.15) is 24.0 Å². The van der Waals surface area contributed by atoms with Crippen LogP contribution in [0.3, 0.4) is 0 Å². The van der Waals surface area contributed by atoms with Crippen LogP contribution in [0.2, 0.25) is 0 Å². The average molecular weight is 458 g/mol. The van der Waals surface area contributed by atoms with Gasteiger partial charge in [0.2, 0.25) is 0 Å². The highest BCUT2D eigenvalue weighted by atomic mass is 32.2. The first-order valence-corrected chi connectivity index (χ1v) is 12.2. The number of carboxylic acid groups (broad SMARTS) is 1. The lowest BCUT2D eigenvalue weighted by atomic mass is 9.91. The molecule has 1 fully saturated rings. The molecule has 2 atom stereocenters. The van der Waals surface area contributed by atoms with E-state index >= 15 is 0 Å². The zero-order valence-corrected chi connectivity index (χ0v) is 18.5. The number of guanidine groups is 1. The van der Waals surface area contributed by atoms with E-state index in [1.54, 1.807) is 29.4 Å². The molecule has 2 unspecified atom stereocenters. The molecule has 0 spiro atoms. The first-order chi connectivity index (χ1) is 15.2. The molecule has 9 nitrogen and oxygen atoms in total. The summed E-state index contributed by atoms with van der Waals surface area (Å²) in [6.45, 7) is 1.51. The number of anilines is 1. The number of piperidine rings is 1. The Balaban J connectivity index is 1.61. The lowest BCUT2D eigenvalue weighted by Crippen LogP contribution is -2.48. The second kappa shape index (κ2) is 8.78. The minimum atomic E-state index is -3.67. The van der Waals surface area contributed by atoms with Crippen LogP contribution >= 0.6 is 0 Å². The number of pyridine rings is 1. The van der Waals surface area contributed by atoms with E-state index in [9.17, 15) is 18.3 Å². The predicted octanol–water partition coefficient (Wildman–Crippen LogP) is 1.48. The molecule has 1 aromatic carbocycles. The van der Waals surface area contributed by atoms with E-state index in [4.69, 9.17) is 11.1 Å². The van der Waals surface area contributed by atoms with Gasteiger partial charge in [0.15, 0.2) is 15.8 Å². The number of nitrogens with two attached hydrogens (primary N) is 1. The van der Waals surface area contributed by atoms with E-state index < -0.39 is 27.8 Å². The number of nitrogens with one attached hydrogen (secondary N) is 1. The van der Waals surface area contributed by atoms with Gasteiger partial charge >= 0.3 is 5.97 Å². The summed E-state index contributed by atoms with van der Waals surface area (Å²) in [4.78, 5) is 19.5. The number of aliphatic carboxylic acids is 1. The number of fused-ring (bicyclic) bond motifs is 1. The normalized spacial score (nSPS) is 21.1. The van der Waals surface area contributed by atoms with Gasteiger partial charge in [-0.3, -0.25) is 15.2 Å². The zero-order chi connectivity index (χ0) is 22.9. The molecule has 2 aromatic rings. The van der Waals surface area contributed by atoms with Crippen molar-refractivity contribution in [2.45, 2.75) is 36.7 Å². The van der Waals surface area contributed by atoms with Crippen LogP contribution in [0.4, 0.5) is 5.69 Å². The van der Waals surface area contributed by atoms with Crippen LogP contribution in [0.25, 0.3) is 0 Å². The maximum Gasteiger partial charge on any atom is 0.306 e. The van der Waals surface area contributed by atoms with Gasteiger partial charge in [-0.05, 0) is 54.7 Å². The summed E-state index contributed by atoms with van der Waals surface area (Å²) in [6.07, 6.45) is 4.73. The van der Waals surface area contributed by atoms with Crippen molar-refractivity contribution in [3.8, 4) is 0 Å². The summed E-state index contributed by atoms with van der Waals surface area (Å²) in [5.41, 5.74) is 8.36. The Kier molecular flexibility index (Phi) is 6.05. The number of hydrogen-bond donors (Lipinski definition) is 3. The second-order valence-electron chi connectivity index (χ2n) is 8.38. The second-order valence-corrected chi connectivity index (χ2v) is 10.4. The van der Waals surface area contributed by atoms with Crippen LogP contribution in [-0.4, -0.2) is 60.2 Å². The lowest BCUT2D eigenvalue weighted by molar-refractivity contribution is -0.142. The number of rotatable bonds is 5. The third kappa shape index (κ3) is 4.55. The SMILES string of the molecule is N=C(N)N1CCc2ccc(S(=O)(=O)CC3CC(C(=O)O)CCN3c3ccncc3)cc2C1. The Morgan fingerprint density at radius 2 is 1.94 bits per heavy atom. The number of carboxylic acids is 1. The Hall–Kier alpha value is -3.14. The van der Waals surface area contributed by atoms with Gasteiger partial charge in [-0.15, -0.1) is 0 Å². The summed E-state index contributed by atoms with van der Waals surface area (Å²) in [6, 6.07) is 8.31. The summed E-state index contributed by atoms with van der Waals surface area (Å²) < 4.78 is 26.8. The van der Waals surface area contributed by atoms with E-state index in [1.807, 2.05) is 23.1 Å². The molecule has 10 heteroatoms. The fourth-order valence-electron chi connectivity index (χ4n) is 4.59. The van der Waals surface area contributed by atoms with Crippen LogP contribution in [0, 0.1) is 11.3 Å². The van der Waals surface area contributed by atoms with Crippen molar-refractivity contribution in [1.82, 2.24) is 9.88 Å². The molecule has 3 heterocycles. The van der Waals surface area contributed by atoms with Gasteiger partial charge in [-0.25, -0.2) is 8.42 Å². The van der Waals surface area contributed by atoms with Crippen molar-refractivity contribution in [1.29, 1.82) is 5.41 Å². The fourth-order valence-corrected chi connectivity index (χ4v) is 6.20. The molecule has 0 bridgehead atoms. The van der Waals surface area contributed by atoms with Gasteiger partial charge in [0.1, 0.15) is 0 Å². The van der Waals surface area contributed by atoms with E-state index in [2.05, 4.69) is 4.98 Å². The molecule has 170 valence electrons. The molecule has 0 aliphatic carbocycles. The minimum Gasteiger partial charge on any atom is -0.481 e. The standard InChI is InChI=1S/C22H27N5O4S/c23-22(24)26-9-5-15-1-2-20(12-17(15)13-26)32(30,31)14-19-11-16(21(28)29)6-10-27(19)18-3-7-25-8-4-18/h1-4,7-8,12,16,19H,5-6,9-11,13-14H2,(H3,23,24)(H,28,29). The third-order valence-electron chi connectivity index (χ3n) is 6.36. The molecule has 2 aliphatic rings. The molecule has 4 rings (SSSR count). The highest BCUT2D eigenvalue weighted by Crippen LogP contribution is 2.31. The van der Waals surface area contributed by atoms with Crippen molar-refractivity contribution >= 4 is 27.5 Å².